The molecule has 0 aliphatic carbocycles. The van der Waals surface area contributed by atoms with E-state index in [4.69, 9.17) is 26.1 Å². The maximum atomic E-state index is 13.6. The van der Waals surface area contributed by atoms with E-state index in [2.05, 4.69) is 50.0 Å². The Hall–Kier alpha value is -7.07. The van der Waals surface area contributed by atoms with Gasteiger partial charge in [0.25, 0.3) is 11.9 Å². The van der Waals surface area contributed by atoms with Crippen LogP contribution < -0.4 is 26.6 Å². The number of nitrogens with one attached hydrogen (secondary N) is 1. The molecule has 9 rings (SSSR count). The number of aliphatic hydroxyl groups is 1. The number of nitrogens with zero attached hydrogens (tertiary/aromatic N) is 14. The van der Waals surface area contributed by atoms with Crippen molar-refractivity contribution in [3.63, 3.8) is 0 Å². The zero-order chi connectivity index (χ0) is 43.5. The van der Waals surface area contributed by atoms with Crippen molar-refractivity contribution >= 4 is 63.6 Å². The normalized spacial score (nSPS) is 16.6. The smallest absolute Gasteiger partial charge is 0.292 e. The first-order chi connectivity index (χ1) is 30.7. The highest BCUT2D eigenvalue weighted by Gasteiger charge is 2.30. The van der Waals surface area contributed by atoms with E-state index >= 15 is 0 Å². The Morgan fingerprint density at radius 2 is 1.49 bits per heavy atom. The summed E-state index contributed by atoms with van der Waals surface area (Å²) in [5.74, 6) is 1.11. The molecule has 63 heavy (non-hydrogen) atoms. The number of benzene rings is 1. The first-order valence-electron chi connectivity index (χ1n) is 21.2. The van der Waals surface area contributed by atoms with Crippen molar-refractivity contribution in [2.75, 3.05) is 99.9 Å². The number of aromatic nitrogens is 9. The average molecular weight is 860 g/mol. The van der Waals surface area contributed by atoms with Gasteiger partial charge in [0.15, 0.2) is 11.2 Å². The Bertz CT molecular complexity index is 2580. The monoisotopic (exact) mass is 859 g/mol. The van der Waals surface area contributed by atoms with E-state index in [1.807, 2.05) is 31.5 Å². The molecule has 3 aliphatic heterocycles. The van der Waals surface area contributed by atoms with E-state index in [-0.39, 0.29) is 30.4 Å². The summed E-state index contributed by atoms with van der Waals surface area (Å²) in [5.41, 5.74) is 16.6. The molecule has 328 valence electrons. The first kappa shape index (κ1) is 41.3. The third kappa shape index (κ3) is 8.98. The number of piperidine rings is 1. The van der Waals surface area contributed by atoms with E-state index in [0.717, 1.165) is 50.3 Å². The fourth-order valence-electron chi connectivity index (χ4n) is 8.43. The van der Waals surface area contributed by atoms with Gasteiger partial charge in [-0.05, 0) is 44.0 Å². The average Bonchev–Trinajstić information content (AvgIpc) is 3.91. The minimum atomic E-state index is -0.561. The number of nitrogens with two attached hydrogens (primary N) is 2. The van der Waals surface area contributed by atoms with Gasteiger partial charge in [0.2, 0.25) is 23.7 Å². The van der Waals surface area contributed by atoms with E-state index in [1.54, 1.807) is 30.9 Å². The number of anilines is 4. The van der Waals surface area contributed by atoms with Crippen LogP contribution in [0.2, 0.25) is 0 Å². The number of likely N-dealkylation sites (tertiary alicyclic amines) is 1. The molecule has 0 spiro atoms. The van der Waals surface area contributed by atoms with Crippen LogP contribution >= 0.6 is 0 Å². The second kappa shape index (κ2) is 18.1. The van der Waals surface area contributed by atoms with E-state index in [1.165, 1.54) is 6.33 Å². The summed E-state index contributed by atoms with van der Waals surface area (Å²) in [6.45, 7) is 7.24. The summed E-state index contributed by atoms with van der Waals surface area (Å²) >= 11 is 0. The Morgan fingerprint density at radius 1 is 0.810 bits per heavy atom. The number of oxazole rings is 1. The van der Waals surface area contributed by atoms with Crippen LogP contribution in [0.5, 0.6) is 0 Å². The number of nitrogen functional groups attached to an aromatic ring is 2. The van der Waals surface area contributed by atoms with Crippen molar-refractivity contribution in [1.82, 2.24) is 64.7 Å². The lowest BCUT2D eigenvalue weighted by Crippen LogP contribution is -2.49. The fourth-order valence-corrected chi connectivity index (χ4v) is 8.43. The highest BCUT2D eigenvalue weighted by molar-refractivity contribution is 5.99. The highest BCUT2D eigenvalue weighted by atomic mass is 16.4. The Kier molecular flexibility index (Phi) is 11.9. The molecule has 6 N–H and O–H groups in total. The van der Waals surface area contributed by atoms with Gasteiger partial charge in [-0.15, -0.1) is 0 Å². The Balaban J connectivity index is 0.707. The molecule has 6 aromatic rings. The number of aliphatic hydroxyl groups excluding tert-OH is 1. The molecule has 0 unspecified atom stereocenters. The molecule has 8 heterocycles. The molecule has 0 saturated carbocycles. The Morgan fingerprint density at radius 3 is 2.19 bits per heavy atom. The van der Waals surface area contributed by atoms with Gasteiger partial charge in [-0.1, -0.05) is 0 Å². The van der Waals surface area contributed by atoms with Gasteiger partial charge >= 0.3 is 0 Å². The van der Waals surface area contributed by atoms with Crippen LogP contribution in [0.4, 0.5) is 23.7 Å². The van der Waals surface area contributed by atoms with Crippen LogP contribution in [0.3, 0.4) is 0 Å². The van der Waals surface area contributed by atoms with Gasteiger partial charge in [0, 0.05) is 114 Å². The number of fused-ring (bicyclic) bond motifs is 2. The quantitative estimate of drug-likeness (QED) is 0.132. The number of hydrogen-bond donors (Lipinski definition) is 4. The lowest BCUT2D eigenvalue weighted by Gasteiger charge is -2.36. The van der Waals surface area contributed by atoms with Crippen LogP contribution in [0.1, 0.15) is 47.6 Å². The number of amides is 3. The SMILES string of the molecule is Nc1nc2cc(-c3nn(C4CCN(C(=O)c5cnc(N6CCN(CCCC(=O)N7CCN(c8ncc(CNC(=O)CO)cn8)CC7)CC6)nc5)CC4)c4ncnc(N)c34)ccc2o1. The van der Waals surface area contributed by atoms with Crippen molar-refractivity contribution in [2.45, 2.75) is 38.3 Å². The van der Waals surface area contributed by atoms with E-state index in [0.29, 0.717) is 110 Å². The minimum absolute atomic E-state index is 0.0129. The van der Waals surface area contributed by atoms with E-state index < -0.39 is 12.5 Å². The van der Waals surface area contributed by atoms with Crippen molar-refractivity contribution in [3.05, 3.63) is 60.4 Å². The standard InChI is InChI=1S/C41H49N17O5/c42-36-34-35(27-3-4-31-30(18-27)51-39(43)63-31)52-58(37(34)50-25-49-36)29-5-8-55(9-6-29)38(62)28-22-47-41(48-23-28)56-12-10-53(11-13-56)7-1-2-33(61)54-14-16-57(17-15-54)40-45-20-26(21-46-40)19-44-32(60)24-59/h3-4,18,20-23,25,29,59H,1-2,5-17,19,24H2,(H2,43,51)(H,44,60)(H2,42,49,50). The zero-order valence-corrected chi connectivity index (χ0v) is 34.7. The molecule has 3 fully saturated rings. The minimum Gasteiger partial charge on any atom is -0.424 e. The fraction of sp³-hybridized carbons (Fsp3) is 0.439. The summed E-state index contributed by atoms with van der Waals surface area (Å²) in [4.78, 5) is 79.3. The molecule has 3 saturated heterocycles. The number of carbonyl (C=O) groups is 3. The molecule has 0 bridgehead atoms. The maximum Gasteiger partial charge on any atom is 0.292 e. The molecule has 22 heteroatoms. The zero-order valence-electron chi connectivity index (χ0n) is 34.7. The van der Waals surface area contributed by atoms with Crippen molar-refractivity contribution in [3.8, 4) is 11.3 Å². The highest BCUT2D eigenvalue weighted by Crippen LogP contribution is 2.35. The molecule has 3 amide bonds. The van der Waals surface area contributed by atoms with Crippen LogP contribution in [-0.4, -0.2) is 161 Å². The van der Waals surface area contributed by atoms with Crippen LogP contribution in [0.25, 0.3) is 33.4 Å². The molecule has 3 aliphatic rings. The van der Waals surface area contributed by atoms with Gasteiger partial charge in [-0.25, -0.2) is 34.6 Å². The molecule has 5 aromatic heterocycles. The molecule has 0 radical (unpaired) electrons. The van der Waals surface area contributed by atoms with Crippen LogP contribution in [0, 0.1) is 0 Å². The van der Waals surface area contributed by atoms with E-state index in [9.17, 15) is 14.4 Å². The maximum absolute atomic E-state index is 13.6. The third-order valence-corrected chi connectivity index (χ3v) is 11.9. The lowest BCUT2D eigenvalue weighted by atomic mass is 10.0. The Labute approximate surface area is 361 Å². The second-order valence-corrected chi connectivity index (χ2v) is 15.9. The number of rotatable bonds is 12. The topological polar surface area (TPSA) is 273 Å². The number of carbonyl (C=O) groups excluding carboxylic acids is 3. The number of hydrogen-bond acceptors (Lipinski definition) is 18. The lowest BCUT2D eigenvalue weighted by molar-refractivity contribution is -0.131. The predicted molar refractivity (Wildman–Crippen MR) is 231 cm³/mol. The van der Waals surface area contributed by atoms with Gasteiger partial charge < -0.3 is 45.9 Å². The molecule has 0 atom stereocenters. The van der Waals surface area contributed by atoms with Crippen molar-refractivity contribution in [2.24, 2.45) is 0 Å². The van der Waals surface area contributed by atoms with Crippen LogP contribution in [-0.2, 0) is 16.1 Å². The third-order valence-electron chi connectivity index (χ3n) is 11.9. The summed E-state index contributed by atoms with van der Waals surface area (Å²) in [5, 5.41) is 17.1. The summed E-state index contributed by atoms with van der Waals surface area (Å²) in [7, 11) is 0. The number of piperazine rings is 2. The van der Waals surface area contributed by atoms with Gasteiger partial charge in [-0.3, -0.25) is 19.3 Å². The molecular weight excluding hydrogens is 811 g/mol. The van der Waals surface area contributed by atoms with Gasteiger partial charge in [-0.2, -0.15) is 10.1 Å². The predicted octanol–water partition coefficient (Wildman–Crippen LogP) is 0.716. The molecule has 1 aromatic carbocycles. The summed E-state index contributed by atoms with van der Waals surface area (Å²) < 4.78 is 7.35. The first-order valence-corrected chi connectivity index (χ1v) is 21.2. The largest absolute Gasteiger partial charge is 0.424 e. The second-order valence-electron chi connectivity index (χ2n) is 15.9. The van der Waals surface area contributed by atoms with Crippen LogP contribution in [0.15, 0.2) is 53.7 Å². The van der Waals surface area contributed by atoms with Crippen molar-refractivity contribution < 1.29 is 23.9 Å². The van der Waals surface area contributed by atoms with Gasteiger partial charge in [0.05, 0.1) is 17.0 Å². The van der Waals surface area contributed by atoms with Gasteiger partial charge in [0.1, 0.15) is 30.0 Å². The van der Waals surface area contributed by atoms with Crippen molar-refractivity contribution in [1.29, 1.82) is 0 Å². The molecular formula is C41H49N17O5. The summed E-state index contributed by atoms with van der Waals surface area (Å²) in [6, 6.07) is 5.62. The summed E-state index contributed by atoms with van der Waals surface area (Å²) in [6.07, 6.45) is 10.6. The molecule has 22 nitrogen and oxygen atoms in total.